The molecule has 0 aliphatic carbocycles. The summed E-state index contributed by atoms with van der Waals surface area (Å²) in [6.45, 7) is 7.17. The number of methoxy groups -OCH3 is 1. The van der Waals surface area contributed by atoms with E-state index in [-0.39, 0.29) is 5.56 Å². The summed E-state index contributed by atoms with van der Waals surface area (Å²) < 4.78 is 46.7. The molecule has 1 N–H and O–H groups in total. The van der Waals surface area contributed by atoms with E-state index in [1.165, 1.54) is 12.1 Å². The average Bonchev–Trinajstić information content (AvgIpc) is 2.78. The van der Waals surface area contributed by atoms with E-state index in [1.807, 2.05) is 12.1 Å². The minimum absolute atomic E-state index is 0.151. The number of hydrogen-bond donors (Lipinski definition) is 1. The molecule has 2 heterocycles. The summed E-state index contributed by atoms with van der Waals surface area (Å²) in [6.07, 6.45) is -2.88. The second kappa shape index (κ2) is 9.43. The van der Waals surface area contributed by atoms with Crippen LogP contribution >= 0.6 is 0 Å². The van der Waals surface area contributed by atoms with Crippen molar-refractivity contribution in [3.63, 3.8) is 0 Å². The van der Waals surface area contributed by atoms with E-state index in [0.29, 0.717) is 22.8 Å². The van der Waals surface area contributed by atoms with Crippen molar-refractivity contribution in [3.8, 4) is 5.75 Å². The summed E-state index contributed by atoms with van der Waals surface area (Å²) in [5, 5.41) is 3.91. The Bertz CT molecular complexity index is 1150. The van der Waals surface area contributed by atoms with Gasteiger partial charge in [0.15, 0.2) is 0 Å². The van der Waals surface area contributed by atoms with E-state index in [9.17, 15) is 13.2 Å². The van der Waals surface area contributed by atoms with E-state index in [4.69, 9.17) is 4.74 Å². The summed E-state index contributed by atoms with van der Waals surface area (Å²) in [4.78, 5) is 13.7. The number of aromatic nitrogens is 2. The van der Waals surface area contributed by atoms with Crippen molar-refractivity contribution >= 4 is 22.4 Å². The van der Waals surface area contributed by atoms with E-state index in [0.717, 1.165) is 43.4 Å². The molecule has 1 unspecified atom stereocenters. The normalized spacial score (nSPS) is 15.8. The first-order valence-electron chi connectivity index (χ1n) is 10.9. The van der Waals surface area contributed by atoms with E-state index in [2.05, 4.69) is 32.1 Å². The summed E-state index contributed by atoms with van der Waals surface area (Å²) in [5.74, 6) is 0.835. The lowest BCUT2D eigenvalue weighted by molar-refractivity contribution is 0.146. The standard InChI is InChI=1S/C24H28F3N5O/c1-14(16-6-5-7-17(22(16)25)23(26)27)28-24-18-12-21(33-4)20(13-19(18)29-15(2)30-24)32-10-8-31(3)9-11-32/h5-7,12-14,23H,8-11H2,1-4H3,(H,28,29,30). The molecule has 0 spiro atoms. The molecule has 3 aromatic rings. The third-order valence-corrected chi connectivity index (χ3v) is 6.07. The van der Waals surface area contributed by atoms with Crippen LogP contribution < -0.4 is 15.0 Å². The van der Waals surface area contributed by atoms with Crippen LogP contribution in [0.2, 0.25) is 0 Å². The van der Waals surface area contributed by atoms with Crippen LogP contribution in [0.5, 0.6) is 5.75 Å². The zero-order valence-corrected chi connectivity index (χ0v) is 19.2. The maximum atomic E-state index is 14.7. The number of likely N-dealkylation sites (N-methyl/N-ethyl adjacent to an activating group) is 1. The summed E-state index contributed by atoms with van der Waals surface area (Å²) >= 11 is 0. The van der Waals surface area contributed by atoms with Gasteiger partial charge in [0.25, 0.3) is 6.43 Å². The van der Waals surface area contributed by atoms with Crippen LogP contribution in [0.15, 0.2) is 30.3 Å². The Labute approximate surface area is 191 Å². The first kappa shape index (κ1) is 23.1. The smallest absolute Gasteiger partial charge is 0.266 e. The number of piperazine rings is 1. The van der Waals surface area contributed by atoms with Crippen molar-refractivity contribution in [3.05, 3.63) is 53.1 Å². The Hall–Kier alpha value is -3.07. The lowest BCUT2D eigenvalue weighted by Gasteiger charge is -2.34. The highest BCUT2D eigenvalue weighted by Gasteiger charge is 2.22. The van der Waals surface area contributed by atoms with Crippen LogP contribution in [-0.2, 0) is 0 Å². The Morgan fingerprint density at radius 1 is 1.06 bits per heavy atom. The van der Waals surface area contributed by atoms with Crippen LogP contribution in [0.25, 0.3) is 10.9 Å². The Balaban J connectivity index is 1.72. The lowest BCUT2D eigenvalue weighted by Crippen LogP contribution is -2.44. The number of nitrogens with zero attached hydrogens (tertiary/aromatic N) is 4. The number of hydrogen-bond acceptors (Lipinski definition) is 6. The Morgan fingerprint density at radius 3 is 2.42 bits per heavy atom. The number of halogens is 3. The van der Waals surface area contributed by atoms with Gasteiger partial charge in [-0.15, -0.1) is 0 Å². The van der Waals surface area contributed by atoms with Gasteiger partial charge in [0.2, 0.25) is 0 Å². The van der Waals surface area contributed by atoms with Gasteiger partial charge in [-0.3, -0.25) is 0 Å². The fourth-order valence-electron chi connectivity index (χ4n) is 4.18. The molecule has 0 saturated carbocycles. The largest absolute Gasteiger partial charge is 0.495 e. The van der Waals surface area contributed by atoms with Gasteiger partial charge in [-0.2, -0.15) is 0 Å². The molecule has 1 fully saturated rings. The molecule has 33 heavy (non-hydrogen) atoms. The van der Waals surface area contributed by atoms with E-state index < -0.39 is 23.8 Å². The van der Waals surface area contributed by atoms with Crippen LogP contribution in [0, 0.1) is 12.7 Å². The zero-order chi connectivity index (χ0) is 23.7. The number of fused-ring (bicyclic) bond motifs is 1. The van der Waals surface area contributed by atoms with Crippen molar-refractivity contribution in [1.29, 1.82) is 0 Å². The minimum Gasteiger partial charge on any atom is -0.495 e. The highest BCUT2D eigenvalue weighted by atomic mass is 19.3. The number of alkyl halides is 2. The number of aryl methyl sites for hydroxylation is 1. The van der Waals surface area contributed by atoms with Crippen molar-refractivity contribution in [2.75, 3.05) is 50.6 Å². The third kappa shape index (κ3) is 4.68. The van der Waals surface area contributed by atoms with Gasteiger partial charge in [-0.1, -0.05) is 18.2 Å². The van der Waals surface area contributed by atoms with Gasteiger partial charge in [0.1, 0.15) is 23.2 Å². The highest BCUT2D eigenvalue weighted by molar-refractivity contribution is 5.94. The molecule has 1 aliphatic heterocycles. The average molecular weight is 460 g/mol. The van der Waals surface area contributed by atoms with Crippen LogP contribution in [0.3, 0.4) is 0 Å². The van der Waals surface area contributed by atoms with Gasteiger partial charge < -0.3 is 19.9 Å². The Morgan fingerprint density at radius 2 is 1.76 bits per heavy atom. The third-order valence-electron chi connectivity index (χ3n) is 6.07. The fourth-order valence-corrected chi connectivity index (χ4v) is 4.18. The van der Waals surface area contributed by atoms with Gasteiger partial charge in [-0.25, -0.2) is 23.1 Å². The molecule has 1 aromatic heterocycles. The fraction of sp³-hybridized carbons (Fsp3) is 0.417. The van der Waals surface area contributed by atoms with Crippen molar-refractivity contribution in [2.45, 2.75) is 26.3 Å². The quantitative estimate of drug-likeness (QED) is 0.563. The van der Waals surface area contributed by atoms with Gasteiger partial charge in [0.05, 0.1) is 29.9 Å². The molecule has 9 heteroatoms. The molecule has 6 nitrogen and oxygen atoms in total. The molecule has 1 atom stereocenters. The number of ether oxygens (including phenoxy) is 1. The molecule has 4 rings (SSSR count). The molecule has 0 bridgehead atoms. The summed E-state index contributed by atoms with van der Waals surface area (Å²) in [6, 6.07) is 7.31. The van der Waals surface area contributed by atoms with Gasteiger partial charge in [0, 0.05) is 37.1 Å². The van der Waals surface area contributed by atoms with Crippen LogP contribution in [0.4, 0.5) is 24.7 Å². The minimum atomic E-state index is -2.88. The number of rotatable bonds is 6. The van der Waals surface area contributed by atoms with Crippen molar-refractivity contribution in [2.24, 2.45) is 0 Å². The molecular formula is C24H28F3N5O. The molecular weight excluding hydrogens is 431 g/mol. The first-order valence-corrected chi connectivity index (χ1v) is 10.9. The van der Waals surface area contributed by atoms with Crippen molar-refractivity contribution in [1.82, 2.24) is 14.9 Å². The number of nitrogens with one attached hydrogen (secondary N) is 1. The highest BCUT2D eigenvalue weighted by Crippen LogP contribution is 2.37. The second-order valence-corrected chi connectivity index (χ2v) is 8.37. The van der Waals surface area contributed by atoms with E-state index >= 15 is 0 Å². The van der Waals surface area contributed by atoms with Crippen LogP contribution in [-0.4, -0.2) is 55.2 Å². The maximum Gasteiger partial charge on any atom is 0.266 e. The predicted molar refractivity (Wildman–Crippen MR) is 124 cm³/mol. The van der Waals surface area contributed by atoms with E-state index in [1.54, 1.807) is 21.0 Å². The summed E-state index contributed by atoms with van der Waals surface area (Å²) in [5.41, 5.74) is 1.24. The molecule has 1 aliphatic rings. The summed E-state index contributed by atoms with van der Waals surface area (Å²) in [7, 11) is 3.72. The molecule has 176 valence electrons. The molecule has 0 amide bonds. The number of anilines is 2. The molecule has 0 radical (unpaired) electrons. The first-order chi connectivity index (χ1) is 15.8. The Kier molecular flexibility index (Phi) is 6.60. The van der Waals surface area contributed by atoms with Gasteiger partial charge >= 0.3 is 0 Å². The van der Waals surface area contributed by atoms with Crippen LogP contribution in [0.1, 0.15) is 36.3 Å². The van der Waals surface area contributed by atoms with Crippen molar-refractivity contribution < 1.29 is 17.9 Å². The molecule has 1 saturated heterocycles. The zero-order valence-electron chi connectivity index (χ0n) is 19.2. The lowest BCUT2D eigenvalue weighted by atomic mass is 10.0. The maximum absolute atomic E-state index is 14.7. The monoisotopic (exact) mass is 459 g/mol. The topological polar surface area (TPSA) is 53.5 Å². The molecule has 2 aromatic carbocycles. The second-order valence-electron chi connectivity index (χ2n) is 8.37. The SMILES string of the molecule is COc1cc2c(NC(C)c3cccc(C(F)F)c3F)nc(C)nc2cc1N1CCN(C)CC1. The number of benzene rings is 2. The predicted octanol–water partition coefficient (Wildman–Crippen LogP) is 4.95. The van der Waals surface area contributed by atoms with Gasteiger partial charge in [-0.05, 0) is 33.0 Å².